The van der Waals surface area contributed by atoms with Gasteiger partial charge in [-0.3, -0.25) is 24.5 Å². The molecule has 3 aliphatic carbocycles. The second kappa shape index (κ2) is 7.09. The van der Waals surface area contributed by atoms with Crippen LogP contribution < -0.4 is 9.64 Å². The predicted octanol–water partition coefficient (Wildman–Crippen LogP) is 3.74. The van der Waals surface area contributed by atoms with Gasteiger partial charge in [0.1, 0.15) is 17.2 Å². The summed E-state index contributed by atoms with van der Waals surface area (Å²) in [5, 5.41) is 11.5. The van der Waals surface area contributed by atoms with E-state index >= 15 is 0 Å². The largest absolute Gasteiger partial charge is 0.495 e. The van der Waals surface area contributed by atoms with Crippen molar-refractivity contribution in [1.82, 2.24) is 0 Å². The van der Waals surface area contributed by atoms with Crippen molar-refractivity contribution in [2.24, 2.45) is 11.8 Å². The number of anilines is 1. The lowest BCUT2D eigenvalue weighted by Gasteiger charge is -2.52. The second-order valence-corrected chi connectivity index (χ2v) is 9.14. The van der Waals surface area contributed by atoms with Crippen LogP contribution in [0.25, 0.3) is 0 Å². The number of ketones is 1. The van der Waals surface area contributed by atoms with Crippen molar-refractivity contribution in [2.75, 3.05) is 12.0 Å². The summed E-state index contributed by atoms with van der Waals surface area (Å²) in [5.41, 5.74) is 1.61. The molecule has 8 heteroatoms. The number of carbonyl (C=O) groups excluding carboxylic acids is 3. The van der Waals surface area contributed by atoms with Gasteiger partial charge >= 0.3 is 0 Å². The monoisotopic (exact) mass is 468 g/mol. The van der Waals surface area contributed by atoms with E-state index in [1.54, 1.807) is 0 Å². The average Bonchev–Trinajstić information content (AvgIpc) is 3.13. The Morgan fingerprint density at radius 2 is 1.57 bits per heavy atom. The maximum absolute atomic E-state index is 14.1. The van der Waals surface area contributed by atoms with E-state index in [4.69, 9.17) is 4.74 Å². The number of benzene rings is 3. The van der Waals surface area contributed by atoms with E-state index < -0.39 is 39.9 Å². The molecule has 4 aliphatic rings. The first kappa shape index (κ1) is 21.2. The van der Waals surface area contributed by atoms with Crippen molar-refractivity contribution >= 4 is 29.0 Å². The predicted molar refractivity (Wildman–Crippen MR) is 125 cm³/mol. The molecule has 8 nitrogen and oxygen atoms in total. The highest BCUT2D eigenvalue weighted by Crippen LogP contribution is 2.64. The van der Waals surface area contributed by atoms with Crippen molar-refractivity contribution in [3.63, 3.8) is 0 Å². The van der Waals surface area contributed by atoms with Crippen molar-refractivity contribution in [1.29, 1.82) is 0 Å². The first-order valence-electron chi connectivity index (χ1n) is 11.2. The van der Waals surface area contributed by atoms with Gasteiger partial charge in [-0.05, 0) is 35.2 Å². The number of rotatable bonds is 4. The molecule has 35 heavy (non-hydrogen) atoms. The number of nitro groups is 1. The van der Waals surface area contributed by atoms with E-state index in [2.05, 4.69) is 0 Å². The fraction of sp³-hybridized carbons (Fsp3) is 0.222. The van der Waals surface area contributed by atoms with Gasteiger partial charge in [-0.2, -0.15) is 0 Å². The molecular formula is C27H20N2O6. The van der Waals surface area contributed by atoms with Crippen molar-refractivity contribution in [2.45, 2.75) is 18.3 Å². The second-order valence-electron chi connectivity index (χ2n) is 9.14. The van der Waals surface area contributed by atoms with Crippen molar-refractivity contribution in [3.05, 3.63) is 99.1 Å². The van der Waals surface area contributed by atoms with E-state index in [0.29, 0.717) is 0 Å². The van der Waals surface area contributed by atoms with E-state index in [1.807, 2.05) is 48.5 Å². The summed E-state index contributed by atoms with van der Waals surface area (Å²) < 4.78 is 5.37. The number of carbonyl (C=O) groups is 3. The summed E-state index contributed by atoms with van der Waals surface area (Å²) in [4.78, 5) is 53.7. The van der Waals surface area contributed by atoms with Crippen molar-refractivity contribution < 1.29 is 24.0 Å². The van der Waals surface area contributed by atoms with Gasteiger partial charge in [-0.25, -0.2) is 4.90 Å². The first-order chi connectivity index (χ1) is 16.8. The molecule has 0 radical (unpaired) electrons. The number of hydrogen-bond donors (Lipinski definition) is 0. The number of ether oxygens (including phenoxy) is 1. The standard InChI is InChI=1S/C27H20N2O6/c1-14(30)27-18-9-5-3-7-16(18)22(17-8-4-6-10-19(17)27)23-24(27)26(32)28(25(23)31)20-13-15(29(33)34)11-12-21(20)35-2/h3-13,22-24H,1-2H3/t22?,23-,24+,27?/m1/s1. The number of hydrogen-bond acceptors (Lipinski definition) is 6. The van der Waals surface area contributed by atoms with E-state index in [1.165, 1.54) is 32.2 Å². The number of Topliss-reactive ketones (excluding diaryl/α,β-unsaturated/α-hetero) is 1. The molecule has 174 valence electrons. The number of imide groups is 1. The van der Waals surface area contributed by atoms with E-state index in [0.717, 1.165) is 27.2 Å². The maximum Gasteiger partial charge on any atom is 0.271 e. The van der Waals surface area contributed by atoms with E-state index in [-0.39, 0.29) is 22.9 Å². The Kier molecular flexibility index (Phi) is 4.30. The molecule has 1 saturated heterocycles. The Labute approximate surface area is 200 Å². The molecular weight excluding hydrogens is 448 g/mol. The number of nitro benzene ring substituents is 1. The molecule has 0 aromatic heterocycles. The molecule has 3 aromatic carbocycles. The fourth-order valence-corrected chi connectivity index (χ4v) is 6.57. The summed E-state index contributed by atoms with van der Waals surface area (Å²) in [6.07, 6.45) is 0. The van der Waals surface area contributed by atoms with Gasteiger partial charge in [0.2, 0.25) is 11.8 Å². The van der Waals surface area contributed by atoms with Crippen LogP contribution >= 0.6 is 0 Å². The van der Waals surface area contributed by atoms with Gasteiger partial charge in [0.15, 0.2) is 0 Å². The number of nitrogens with zero attached hydrogens (tertiary/aromatic N) is 2. The third-order valence-electron chi connectivity index (χ3n) is 7.79. The highest BCUT2D eigenvalue weighted by molar-refractivity contribution is 6.26. The van der Waals surface area contributed by atoms with Crippen LogP contribution in [-0.2, 0) is 19.8 Å². The van der Waals surface area contributed by atoms with E-state index in [9.17, 15) is 24.5 Å². The van der Waals surface area contributed by atoms with Crippen LogP contribution in [0.2, 0.25) is 0 Å². The van der Waals surface area contributed by atoms with Crippen LogP contribution in [0.1, 0.15) is 35.1 Å². The molecule has 0 unspecified atom stereocenters. The number of non-ortho nitro benzene ring substituents is 1. The molecule has 2 amide bonds. The van der Waals surface area contributed by atoms with Crippen LogP contribution in [0.3, 0.4) is 0 Å². The number of methoxy groups -OCH3 is 1. The van der Waals surface area contributed by atoms with Gasteiger partial charge < -0.3 is 4.74 Å². The van der Waals surface area contributed by atoms with Gasteiger partial charge in [0, 0.05) is 18.1 Å². The van der Waals surface area contributed by atoms with Crippen molar-refractivity contribution in [3.8, 4) is 5.75 Å². The Balaban J connectivity index is 1.65. The van der Waals surface area contributed by atoms with Crippen LogP contribution in [0.5, 0.6) is 5.75 Å². The summed E-state index contributed by atoms with van der Waals surface area (Å²) in [5.74, 6) is -3.30. The molecule has 2 bridgehead atoms. The summed E-state index contributed by atoms with van der Waals surface area (Å²) >= 11 is 0. The molecule has 1 heterocycles. The van der Waals surface area contributed by atoms with Gasteiger partial charge in [-0.1, -0.05) is 48.5 Å². The minimum Gasteiger partial charge on any atom is -0.495 e. The van der Waals surface area contributed by atoms with Crippen LogP contribution in [-0.4, -0.2) is 29.6 Å². The molecule has 0 saturated carbocycles. The minimum atomic E-state index is -1.33. The lowest BCUT2D eigenvalue weighted by Crippen LogP contribution is -2.57. The zero-order valence-corrected chi connectivity index (χ0v) is 18.9. The lowest BCUT2D eigenvalue weighted by molar-refractivity contribution is -0.384. The first-order valence-corrected chi connectivity index (χ1v) is 11.2. The normalized spacial score (nSPS) is 25.7. The molecule has 0 N–H and O–H groups in total. The topological polar surface area (TPSA) is 107 Å². The number of amides is 2. The zero-order chi connectivity index (χ0) is 24.6. The Morgan fingerprint density at radius 1 is 0.971 bits per heavy atom. The molecule has 1 fully saturated rings. The lowest BCUT2D eigenvalue weighted by atomic mass is 9.46. The third kappa shape index (κ3) is 2.43. The van der Waals surface area contributed by atoms with Crippen LogP contribution in [0.4, 0.5) is 11.4 Å². The smallest absolute Gasteiger partial charge is 0.271 e. The highest BCUT2D eigenvalue weighted by atomic mass is 16.6. The molecule has 1 aliphatic heterocycles. The Hall–Kier alpha value is -4.33. The third-order valence-corrected chi connectivity index (χ3v) is 7.79. The summed E-state index contributed by atoms with van der Waals surface area (Å²) in [6.45, 7) is 1.46. The quantitative estimate of drug-likeness (QED) is 0.328. The molecule has 0 spiro atoms. The maximum atomic E-state index is 14.1. The average molecular weight is 468 g/mol. The fourth-order valence-electron chi connectivity index (χ4n) is 6.57. The molecule has 3 aromatic rings. The highest BCUT2D eigenvalue weighted by Gasteiger charge is 2.70. The SMILES string of the molecule is COc1ccc([N+](=O)[O-])cc1N1C(=O)[C@@H]2C3c4ccccc4C(C(C)=O)(c4ccccc43)[C@@H]2C1=O. The summed E-state index contributed by atoms with van der Waals surface area (Å²) in [7, 11) is 1.37. The van der Waals surface area contributed by atoms with Crippen LogP contribution in [0, 0.1) is 22.0 Å². The molecule has 7 rings (SSSR count). The van der Waals surface area contributed by atoms with Gasteiger partial charge in [0.05, 0.1) is 29.3 Å². The zero-order valence-electron chi connectivity index (χ0n) is 18.9. The van der Waals surface area contributed by atoms with Gasteiger partial charge in [-0.15, -0.1) is 0 Å². The minimum absolute atomic E-state index is 0.0114. The van der Waals surface area contributed by atoms with Gasteiger partial charge in [0.25, 0.3) is 5.69 Å². The molecule has 2 atom stereocenters. The summed E-state index contributed by atoms with van der Waals surface area (Å²) in [6, 6.07) is 18.8. The van der Waals surface area contributed by atoms with Crippen LogP contribution in [0.15, 0.2) is 66.7 Å². The Morgan fingerprint density at radius 3 is 2.11 bits per heavy atom. The Bertz CT molecular complexity index is 1430.